The third-order valence-corrected chi connectivity index (χ3v) is 2.39. The van der Waals surface area contributed by atoms with Gasteiger partial charge in [-0.05, 0) is 28.0 Å². The molecule has 17 heavy (non-hydrogen) atoms. The zero-order valence-corrected chi connectivity index (χ0v) is 9.53. The van der Waals surface area contributed by atoms with E-state index in [1.54, 1.807) is 12.1 Å². The number of nitrogens with one attached hydrogen (secondary N) is 2. The first-order chi connectivity index (χ1) is 8.16. The van der Waals surface area contributed by atoms with Crippen LogP contribution in [-0.2, 0) is 6.54 Å². The topological polar surface area (TPSA) is 101 Å². The highest BCUT2D eigenvalue weighted by Gasteiger charge is 2.11. The summed E-state index contributed by atoms with van der Waals surface area (Å²) in [5.41, 5.74) is 6.67. The molecule has 0 bridgehead atoms. The number of benzene rings is 1. The molecule has 2 rings (SSSR count). The Kier molecular flexibility index (Phi) is 3.24. The van der Waals surface area contributed by atoms with Gasteiger partial charge in [-0.25, -0.2) is 4.63 Å². The molecule has 1 aromatic carbocycles. The maximum atomic E-state index is 7.70. The second kappa shape index (κ2) is 4.84. The molecule has 0 atom stereocenters. The van der Waals surface area contributed by atoms with E-state index in [1.165, 1.54) is 0 Å². The molecule has 1 aromatic heterocycles. The number of hydrogen-bond donors (Lipinski definition) is 3. The van der Waals surface area contributed by atoms with Gasteiger partial charge in [0, 0.05) is 11.6 Å². The molecule has 0 radical (unpaired) electrons. The molecular formula is C10H10ClN5O. The zero-order valence-electron chi connectivity index (χ0n) is 8.77. The average molecular weight is 252 g/mol. The number of anilines is 1. The molecule has 7 heteroatoms. The number of nitrogens with zero attached hydrogens (tertiary/aromatic N) is 2. The van der Waals surface area contributed by atoms with E-state index >= 15 is 0 Å². The van der Waals surface area contributed by atoms with Gasteiger partial charge in [0.2, 0.25) is 0 Å². The van der Waals surface area contributed by atoms with E-state index in [1.807, 2.05) is 12.1 Å². The van der Waals surface area contributed by atoms with Crippen LogP contribution in [0.1, 0.15) is 11.3 Å². The highest BCUT2D eigenvalue weighted by atomic mass is 35.5. The fourth-order valence-corrected chi connectivity index (χ4v) is 1.37. The SMILES string of the molecule is N=C(NCc1ccc(Cl)cc1)c1nonc1N. The predicted octanol–water partition coefficient (Wildman–Crippen LogP) is 1.42. The van der Waals surface area contributed by atoms with Gasteiger partial charge in [-0.1, -0.05) is 23.7 Å². The van der Waals surface area contributed by atoms with E-state index in [0.29, 0.717) is 11.6 Å². The smallest absolute Gasteiger partial charge is 0.199 e. The number of hydrogen-bond acceptors (Lipinski definition) is 5. The van der Waals surface area contributed by atoms with E-state index in [-0.39, 0.29) is 17.3 Å². The molecule has 0 unspecified atom stereocenters. The minimum absolute atomic E-state index is 0.0682. The second-order valence-corrected chi connectivity index (χ2v) is 3.79. The molecule has 0 fully saturated rings. The van der Waals surface area contributed by atoms with Crippen LogP contribution >= 0.6 is 11.6 Å². The molecule has 4 N–H and O–H groups in total. The summed E-state index contributed by atoms with van der Waals surface area (Å²) in [5, 5.41) is 18.2. The van der Waals surface area contributed by atoms with Crippen molar-refractivity contribution >= 4 is 23.3 Å². The fraction of sp³-hybridized carbons (Fsp3) is 0.100. The Bertz CT molecular complexity index is 522. The Morgan fingerprint density at radius 3 is 2.65 bits per heavy atom. The summed E-state index contributed by atoms with van der Waals surface area (Å²) in [6.07, 6.45) is 0. The summed E-state index contributed by atoms with van der Waals surface area (Å²) >= 11 is 5.77. The maximum absolute atomic E-state index is 7.70. The summed E-state index contributed by atoms with van der Waals surface area (Å²) in [4.78, 5) is 0. The minimum Gasteiger partial charge on any atom is -0.379 e. The number of rotatable bonds is 3. The summed E-state index contributed by atoms with van der Waals surface area (Å²) in [7, 11) is 0. The largest absolute Gasteiger partial charge is 0.379 e. The predicted molar refractivity (Wildman–Crippen MR) is 63.8 cm³/mol. The lowest BCUT2D eigenvalue weighted by Gasteiger charge is -2.05. The van der Waals surface area contributed by atoms with E-state index in [4.69, 9.17) is 22.7 Å². The number of nitrogens with two attached hydrogens (primary N) is 1. The van der Waals surface area contributed by atoms with Crippen molar-refractivity contribution in [2.75, 3.05) is 5.73 Å². The van der Waals surface area contributed by atoms with E-state index in [2.05, 4.69) is 20.3 Å². The van der Waals surface area contributed by atoms with E-state index in [9.17, 15) is 0 Å². The van der Waals surface area contributed by atoms with Crippen LogP contribution in [0.15, 0.2) is 28.9 Å². The van der Waals surface area contributed by atoms with Gasteiger partial charge in [0.05, 0.1) is 0 Å². The van der Waals surface area contributed by atoms with Gasteiger partial charge in [0.1, 0.15) is 0 Å². The number of aromatic nitrogens is 2. The summed E-state index contributed by atoms with van der Waals surface area (Å²) < 4.78 is 4.41. The second-order valence-electron chi connectivity index (χ2n) is 3.35. The van der Waals surface area contributed by atoms with Crippen LogP contribution in [0.5, 0.6) is 0 Å². The minimum atomic E-state index is 0.0682. The first-order valence-electron chi connectivity index (χ1n) is 4.82. The van der Waals surface area contributed by atoms with Gasteiger partial charge in [0.25, 0.3) is 0 Å². The lowest BCUT2D eigenvalue weighted by Crippen LogP contribution is -2.24. The highest BCUT2D eigenvalue weighted by Crippen LogP contribution is 2.09. The third-order valence-electron chi connectivity index (χ3n) is 2.13. The van der Waals surface area contributed by atoms with Gasteiger partial charge in [-0.15, -0.1) is 0 Å². The Morgan fingerprint density at radius 1 is 1.35 bits per heavy atom. The van der Waals surface area contributed by atoms with Crippen molar-refractivity contribution in [1.82, 2.24) is 15.6 Å². The molecule has 1 heterocycles. The molecule has 2 aromatic rings. The van der Waals surface area contributed by atoms with E-state index in [0.717, 1.165) is 5.56 Å². The molecule has 88 valence electrons. The Morgan fingerprint density at radius 2 is 2.06 bits per heavy atom. The first kappa shape index (κ1) is 11.4. The molecule has 0 aliphatic rings. The number of amidine groups is 1. The first-order valence-corrected chi connectivity index (χ1v) is 5.20. The van der Waals surface area contributed by atoms with Crippen molar-refractivity contribution < 1.29 is 4.63 Å². The van der Waals surface area contributed by atoms with Crippen LogP contribution in [-0.4, -0.2) is 16.1 Å². The van der Waals surface area contributed by atoms with Gasteiger partial charge in [-0.2, -0.15) is 0 Å². The molecule has 0 saturated carbocycles. The lowest BCUT2D eigenvalue weighted by molar-refractivity contribution is 0.308. The maximum Gasteiger partial charge on any atom is 0.199 e. The van der Waals surface area contributed by atoms with Gasteiger partial charge in [0.15, 0.2) is 17.3 Å². The normalized spacial score (nSPS) is 10.2. The van der Waals surface area contributed by atoms with Crippen molar-refractivity contribution in [2.24, 2.45) is 0 Å². The van der Waals surface area contributed by atoms with Gasteiger partial charge >= 0.3 is 0 Å². The molecular weight excluding hydrogens is 242 g/mol. The molecule has 0 amide bonds. The van der Waals surface area contributed by atoms with Crippen LogP contribution in [0.3, 0.4) is 0 Å². The number of nitrogen functional groups attached to an aromatic ring is 1. The van der Waals surface area contributed by atoms with Gasteiger partial charge in [-0.3, -0.25) is 5.41 Å². The molecule has 0 spiro atoms. The van der Waals surface area contributed by atoms with E-state index < -0.39 is 0 Å². The fourth-order valence-electron chi connectivity index (χ4n) is 1.25. The van der Waals surface area contributed by atoms with Crippen molar-refractivity contribution in [3.05, 3.63) is 40.5 Å². The molecule has 0 aliphatic heterocycles. The third kappa shape index (κ3) is 2.73. The standard InChI is InChI=1S/C10H10ClN5O/c11-7-3-1-6(2-4-7)5-14-9(12)8-10(13)16-17-15-8/h1-4H,5H2,(H2,12,14)(H2,13,16). The monoisotopic (exact) mass is 251 g/mol. The molecule has 6 nitrogen and oxygen atoms in total. The van der Waals surface area contributed by atoms with Crippen molar-refractivity contribution in [1.29, 1.82) is 5.41 Å². The van der Waals surface area contributed by atoms with Crippen LogP contribution in [0, 0.1) is 5.41 Å². The molecule has 0 aliphatic carbocycles. The van der Waals surface area contributed by atoms with Crippen LogP contribution in [0.25, 0.3) is 0 Å². The summed E-state index contributed by atoms with van der Waals surface area (Å²) in [6, 6.07) is 7.31. The molecule has 0 saturated heterocycles. The Hall–Kier alpha value is -2.08. The van der Waals surface area contributed by atoms with Crippen LogP contribution in [0.4, 0.5) is 5.82 Å². The summed E-state index contributed by atoms with van der Waals surface area (Å²) in [5.74, 6) is 0.164. The van der Waals surface area contributed by atoms with Gasteiger partial charge < -0.3 is 11.1 Å². The van der Waals surface area contributed by atoms with Crippen molar-refractivity contribution in [3.8, 4) is 0 Å². The summed E-state index contributed by atoms with van der Waals surface area (Å²) in [6.45, 7) is 0.475. The van der Waals surface area contributed by atoms with Crippen LogP contribution < -0.4 is 11.1 Å². The Balaban J connectivity index is 1.97. The number of halogens is 1. The Labute approximate surface area is 102 Å². The lowest BCUT2D eigenvalue weighted by atomic mass is 10.2. The average Bonchev–Trinajstić information content (AvgIpc) is 2.74. The quantitative estimate of drug-likeness (QED) is 0.566. The van der Waals surface area contributed by atoms with Crippen molar-refractivity contribution in [2.45, 2.75) is 6.54 Å². The zero-order chi connectivity index (χ0) is 12.3. The highest BCUT2D eigenvalue weighted by molar-refractivity contribution is 6.30. The van der Waals surface area contributed by atoms with Crippen LogP contribution in [0.2, 0.25) is 5.02 Å². The van der Waals surface area contributed by atoms with Crippen molar-refractivity contribution in [3.63, 3.8) is 0 Å².